The van der Waals surface area contributed by atoms with E-state index >= 15 is 0 Å². The van der Waals surface area contributed by atoms with Gasteiger partial charge in [0.1, 0.15) is 11.8 Å². The van der Waals surface area contributed by atoms with Crippen LogP contribution in [-0.2, 0) is 0 Å². The maximum atomic E-state index is 8.69. The van der Waals surface area contributed by atoms with Crippen molar-refractivity contribution in [1.82, 2.24) is 0 Å². The van der Waals surface area contributed by atoms with Gasteiger partial charge in [-0.05, 0) is 6.07 Å². The lowest BCUT2D eigenvalue weighted by molar-refractivity contribution is 1.09. The molecule has 1 aromatic rings. The number of halogens is 1. The number of aliphatic imine (C=N–C) groups is 1. The SMILES string of the molecule is N#CC(=N)C(C#N)N=Cc1ccccc1Cl. The smallest absolute Gasteiger partial charge is 0.187 e. The highest BCUT2D eigenvalue weighted by molar-refractivity contribution is 6.33. The van der Waals surface area contributed by atoms with Crippen molar-refractivity contribution in [3.63, 3.8) is 0 Å². The molecule has 0 aromatic heterocycles. The van der Waals surface area contributed by atoms with Gasteiger partial charge in [0.25, 0.3) is 0 Å². The van der Waals surface area contributed by atoms with Gasteiger partial charge in [0.15, 0.2) is 6.04 Å². The Bertz CT molecular complexity index is 507. The van der Waals surface area contributed by atoms with Crippen LogP contribution in [-0.4, -0.2) is 18.0 Å². The summed E-state index contributed by atoms with van der Waals surface area (Å²) in [5.74, 6) is 0. The lowest BCUT2D eigenvalue weighted by atomic mass is 10.2. The summed E-state index contributed by atoms with van der Waals surface area (Å²) in [5.41, 5.74) is 0.265. The highest BCUT2D eigenvalue weighted by atomic mass is 35.5. The molecule has 0 fully saturated rings. The van der Waals surface area contributed by atoms with Crippen LogP contribution < -0.4 is 0 Å². The average Bonchev–Trinajstić information content (AvgIpc) is 2.31. The Morgan fingerprint density at radius 2 is 2.12 bits per heavy atom. The zero-order valence-electron chi connectivity index (χ0n) is 8.18. The fourth-order valence-corrected chi connectivity index (χ4v) is 1.15. The lowest BCUT2D eigenvalue weighted by Crippen LogP contribution is -2.13. The van der Waals surface area contributed by atoms with E-state index in [0.29, 0.717) is 10.6 Å². The lowest BCUT2D eigenvalue weighted by Gasteiger charge is -1.99. The molecule has 1 atom stereocenters. The first-order valence-corrected chi connectivity index (χ1v) is 4.72. The zero-order chi connectivity index (χ0) is 12.0. The van der Waals surface area contributed by atoms with Gasteiger partial charge in [0.05, 0.1) is 6.07 Å². The third kappa shape index (κ3) is 2.91. The van der Waals surface area contributed by atoms with Crippen LogP contribution in [0.15, 0.2) is 29.3 Å². The quantitative estimate of drug-likeness (QED) is 0.808. The van der Waals surface area contributed by atoms with E-state index in [1.807, 2.05) is 0 Å². The standard InChI is InChI=1S/C11H7ClN4/c12-9-4-2-1-3-8(9)7-16-11(6-14)10(15)5-13/h1-4,7,11,15H. The molecule has 78 valence electrons. The summed E-state index contributed by atoms with van der Waals surface area (Å²) in [6.07, 6.45) is 1.39. The van der Waals surface area contributed by atoms with Gasteiger partial charge in [-0.2, -0.15) is 10.5 Å². The van der Waals surface area contributed by atoms with Gasteiger partial charge in [-0.15, -0.1) is 0 Å². The number of benzene rings is 1. The van der Waals surface area contributed by atoms with E-state index in [-0.39, 0.29) is 5.71 Å². The molecule has 1 unspecified atom stereocenters. The van der Waals surface area contributed by atoms with Crippen LogP contribution in [0.2, 0.25) is 5.02 Å². The number of hydrogen-bond donors (Lipinski definition) is 1. The topological polar surface area (TPSA) is 83.8 Å². The van der Waals surface area contributed by atoms with Gasteiger partial charge in [-0.25, -0.2) is 0 Å². The van der Waals surface area contributed by atoms with E-state index in [4.69, 9.17) is 27.5 Å². The summed E-state index contributed by atoms with van der Waals surface area (Å²) in [6, 6.07) is 9.25. The normalized spacial score (nSPS) is 11.7. The maximum Gasteiger partial charge on any atom is 0.187 e. The minimum Gasteiger partial charge on any atom is -0.291 e. The van der Waals surface area contributed by atoms with E-state index in [1.54, 1.807) is 36.4 Å². The van der Waals surface area contributed by atoms with Gasteiger partial charge in [-0.1, -0.05) is 29.8 Å². The van der Waals surface area contributed by atoms with Crippen LogP contribution >= 0.6 is 11.6 Å². The molecule has 0 aliphatic heterocycles. The van der Waals surface area contributed by atoms with E-state index in [1.165, 1.54) is 6.21 Å². The number of rotatable bonds is 3. The molecule has 1 N–H and O–H groups in total. The number of nitrogens with zero attached hydrogens (tertiary/aromatic N) is 3. The molecule has 0 aliphatic rings. The van der Waals surface area contributed by atoms with Gasteiger partial charge in [0.2, 0.25) is 0 Å². The largest absolute Gasteiger partial charge is 0.291 e. The second-order valence-corrected chi connectivity index (χ2v) is 3.26. The minimum absolute atomic E-state index is 0.384. The van der Waals surface area contributed by atoms with Crippen molar-refractivity contribution in [2.75, 3.05) is 0 Å². The van der Waals surface area contributed by atoms with E-state index < -0.39 is 6.04 Å². The first kappa shape index (κ1) is 11.9. The Kier molecular flexibility index (Phi) is 4.20. The second-order valence-electron chi connectivity index (χ2n) is 2.86. The maximum absolute atomic E-state index is 8.69. The average molecular weight is 231 g/mol. The van der Waals surface area contributed by atoms with E-state index in [2.05, 4.69) is 4.99 Å². The highest BCUT2D eigenvalue weighted by Crippen LogP contribution is 2.12. The molecular formula is C11H7ClN4. The van der Waals surface area contributed by atoms with Gasteiger partial charge < -0.3 is 0 Å². The van der Waals surface area contributed by atoms with Crippen molar-refractivity contribution < 1.29 is 0 Å². The molecule has 1 rings (SSSR count). The number of nitriles is 2. The van der Waals surface area contributed by atoms with Crippen molar-refractivity contribution >= 4 is 23.5 Å². The van der Waals surface area contributed by atoms with E-state index in [0.717, 1.165) is 0 Å². The fourth-order valence-electron chi connectivity index (χ4n) is 0.968. The molecule has 1 aromatic carbocycles. The Morgan fingerprint density at radius 3 is 2.69 bits per heavy atom. The highest BCUT2D eigenvalue weighted by Gasteiger charge is 2.10. The summed E-state index contributed by atoms with van der Waals surface area (Å²) in [7, 11) is 0. The fraction of sp³-hybridized carbons (Fsp3) is 0.0909. The van der Waals surface area contributed by atoms with Crippen LogP contribution in [0.5, 0.6) is 0 Å². The molecule has 0 saturated carbocycles. The Morgan fingerprint density at radius 1 is 1.44 bits per heavy atom. The van der Waals surface area contributed by atoms with Gasteiger partial charge in [-0.3, -0.25) is 10.4 Å². The molecule has 0 aliphatic carbocycles. The molecule has 0 radical (unpaired) electrons. The summed E-state index contributed by atoms with van der Waals surface area (Å²) in [5, 5.41) is 24.8. The molecule has 0 saturated heterocycles. The van der Waals surface area contributed by atoms with Crippen LogP contribution in [0.25, 0.3) is 0 Å². The Labute approximate surface area is 97.9 Å². The number of hydrogen-bond acceptors (Lipinski definition) is 4. The molecule has 0 spiro atoms. The predicted octanol–water partition coefficient (Wildman–Crippen LogP) is 2.19. The second kappa shape index (κ2) is 5.65. The Hall–Kier alpha value is -2.17. The summed E-state index contributed by atoms with van der Waals surface area (Å²) >= 11 is 5.87. The van der Waals surface area contributed by atoms with Crippen LogP contribution in [0.3, 0.4) is 0 Å². The van der Waals surface area contributed by atoms with Crippen molar-refractivity contribution in [2.24, 2.45) is 4.99 Å². The van der Waals surface area contributed by atoms with Crippen LogP contribution in [0, 0.1) is 28.1 Å². The van der Waals surface area contributed by atoms with E-state index in [9.17, 15) is 0 Å². The van der Waals surface area contributed by atoms with Crippen molar-refractivity contribution in [1.29, 1.82) is 15.9 Å². The molecule has 0 bridgehead atoms. The Balaban J connectivity index is 2.90. The summed E-state index contributed by atoms with van der Waals surface area (Å²) in [6.45, 7) is 0. The minimum atomic E-state index is -1.07. The molecular weight excluding hydrogens is 224 g/mol. The van der Waals surface area contributed by atoms with Crippen LogP contribution in [0.4, 0.5) is 0 Å². The summed E-state index contributed by atoms with van der Waals surface area (Å²) in [4.78, 5) is 3.83. The predicted molar refractivity (Wildman–Crippen MR) is 61.8 cm³/mol. The molecule has 0 amide bonds. The summed E-state index contributed by atoms with van der Waals surface area (Å²) < 4.78 is 0. The number of nitrogens with one attached hydrogen (secondary N) is 1. The third-order valence-electron chi connectivity index (χ3n) is 1.78. The third-order valence-corrected chi connectivity index (χ3v) is 2.13. The van der Waals surface area contributed by atoms with Gasteiger partial charge in [0, 0.05) is 16.8 Å². The van der Waals surface area contributed by atoms with Crippen molar-refractivity contribution in [3.8, 4) is 12.1 Å². The first-order valence-electron chi connectivity index (χ1n) is 4.35. The van der Waals surface area contributed by atoms with Crippen LogP contribution in [0.1, 0.15) is 5.56 Å². The molecule has 4 nitrogen and oxygen atoms in total. The monoisotopic (exact) mass is 230 g/mol. The molecule has 16 heavy (non-hydrogen) atoms. The van der Waals surface area contributed by atoms with Gasteiger partial charge >= 0.3 is 0 Å². The first-order chi connectivity index (χ1) is 7.69. The van der Waals surface area contributed by atoms with Crippen molar-refractivity contribution in [3.05, 3.63) is 34.9 Å². The molecule has 0 heterocycles. The van der Waals surface area contributed by atoms with Crippen molar-refractivity contribution in [2.45, 2.75) is 6.04 Å². The molecule has 5 heteroatoms. The zero-order valence-corrected chi connectivity index (χ0v) is 8.94.